The van der Waals surface area contributed by atoms with Crippen molar-refractivity contribution in [2.75, 3.05) is 13.7 Å². The fourth-order valence-electron chi connectivity index (χ4n) is 2.10. The monoisotopic (exact) mass is 289 g/mol. The molecule has 5 heteroatoms. The van der Waals surface area contributed by atoms with E-state index in [1.165, 1.54) is 5.56 Å². The first-order valence-corrected chi connectivity index (χ1v) is 7.42. The van der Waals surface area contributed by atoms with Crippen molar-refractivity contribution in [1.29, 1.82) is 0 Å². The maximum atomic E-state index is 5.62. The Morgan fingerprint density at radius 1 is 1.29 bits per heavy atom. The molecule has 2 rings (SSSR count). The minimum absolute atomic E-state index is 0.342. The van der Waals surface area contributed by atoms with Gasteiger partial charge in [-0.1, -0.05) is 23.4 Å². The SMILES string of the molecule is CCOc1ccccc1CCc1nc(CC(C)NC)no1. The second-order valence-electron chi connectivity index (χ2n) is 5.04. The molecule has 0 bridgehead atoms. The van der Waals surface area contributed by atoms with Crippen LogP contribution in [-0.4, -0.2) is 29.8 Å². The maximum absolute atomic E-state index is 5.62. The summed E-state index contributed by atoms with van der Waals surface area (Å²) in [6, 6.07) is 8.41. The highest BCUT2D eigenvalue weighted by Crippen LogP contribution is 2.19. The van der Waals surface area contributed by atoms with Gasteiger partial charge in [0, 0.05) is 18.9 Å². The number of hydrogen-bond donors (Lipinski definition) is 1. The number of aryl methyl sites for hydroxylation is 2. The van der Waals surface area contributed by atoms with E-state index in [1.54, 1.807) is 0 Å². The van der Waals surface area contributed by atoms with Crippen LogP contribution < -0.4 is 10.1 Å². The summed E-state index contributed by atoms with van der Waals surface area (Å²) in [5.41, 5.74) is 1.17. The van der Waals surface area contributed by atoms with Crippen LogP contribution in [0.3, 0.4) is 0 Å². The number of nitrogens with one attached hydrogen (secondary N) is 1. The fourth-order valence-corrected chi connectivity index (χ4v) is 2.10. The van der Waals surface area contributed by atoms with Crippen molar-refractivity contribution < 1.29 is 9.26 Å². The average molecular weight is 289 g/mol. The molecule has 0 aliphatic heterocycles. The molecule has 1 aromatic heterocycles. The van der Waals surface area contributed by atoms with E-state index >= 15 is 0 Å². The van der Waals surface area contributed by atoms with Crippen molar-refractivity contribution >= 4 is 0 Å². The van der Waals surface area contributed by atoms with Gasteiger partial charge < -0.3 is 14.6 Å². The predicted molar refractivity (Wildman–Crippen MR) is 81.5 cm³/mol. The number of hydrogen-bond acceptors (Lipinski definition) is 5. The molecule has 0 spiro atoms. The van der Waals surface area contributed by atoms with Gasteiger partial charge >= 0.3 is 0 Å². The van der Waals surface area contributed by atoms with E-state index in [9.17, 15) is 0 Å². The van der Waals surface area contributed by atoms with E-state index in [2.05, 4.69) is 28.4 Å². The van der Waals surface area contributed by atoms with Crippen molar-refractivity contribution in [3.63, 3.8) is 0 Å². The molecule has 2 aromatic rings. The molecule has 5 nitrogen and oxygen atoms in total. The van der Waals surface area contributed by atoms with Crippen molar-refractivity contribution in [1.82, 2.24) is 15.5 Å². The summed E-state index contributed by atoms with van der Waals surface area (Å²) in [7, 11) is 1.93. The van der Waals surface area contributed by atoms with Gasteiger partial charge in [-0.15, -0.1) is 0 Å². The van der Waals surface area contributed by atoms with Gasteiger partial charge in [-0.3, -0.25) is 0 Å². The third-order valence-corrected chi connectivity index (χ3v) is 3.37. The molecule has 0 fully saturated rings. The number of rotatable bonds is 8. The van der Waals surface area contributed by atoms with E-state index < -0.39 is 0 Å². The summed E-state index contributed by atoms with van der Waals surface area (Å²) in [6.07, 6.45) is 2.33. The topological polar surface area (TPSA) is 60.2 Å². The molecule has 1 N–H and O–H groups in total. The zero-order chi connectivity index (χ0) is 15.1. The molecule has 0 saturated carbocycles. The number of ether oxygens (including phenoxy) is 1. The molecule has 1 aromatic carbocycles. The number of aromatic nitrogens is 2. The molecule has 1 atom stereocenters. The maximum Gasteiger partial charge on any atom is 0.226 e. The molecule has 0 saturated heterocycles. The fraction of sp³-hybridized carbons (Fsp3) is 0.500. The molecule has 21 heavy (non-hydrogen) atoms. The summed E-state index contributed by atoms with van der Waals surface area (Å²) >= 11 is 0. The molecule has 0 aliphatic carbocycles. The lowest BCUT2D eigenvalue weighted by atomic mass is 10.1. The highest BCUT2D eigenvalue weighted by Gasteiger charge is 2.10. The van der Waals surface area contributed by atoms with Crippen molar-refractivity contribution in [3.05, 3.63) is 41.5 Å². The lowest BCUT2D eigenvalue weighted by Crippen LogP contribution is -2.24. The standard InChI is InChI=1S/C16H23N3O2/c1-4-20-14-8-6-5-7-13(14)9-10-16-18-15(19-21-16)11-12(2)17-3/h5-8,12,17H,4,9-11H2,1-3H3. The Hall–Kier alpha value is -1.88. The van der Waals surface area contributed by atoms with Crippen LogP contribution in [0.25, 0.3) is 0 Å². The van der Waals surface area contributed by atoms with Crippen LogP contribution in [0, 0.1) is 0 Å². The van der Waals surface area contributed by atoms with Gasteiger partial charge in [-0.2, -0.15) is 4.98 Å². The van der Waals surface area contributed by atoms with E-state index in [1.807, 2.05) is 32.2 Å². The Morgan fingerprint density at radius 2 is 2.10 bits per heavy atom. The smallest absolute Gasteiger partial charge is 0.226 e. The lowest BCUT2D eigenvalue weighted by Gasteiger charge is -2.08. The Kier molecular flexibility index (Phi) is 5.75. The van der Waals surface area contributed by atoms with E-state index in [0.717, 1.165) is 30.8 Å². The predicted octanol–water partition coefficient (Wildman–Crippen LogP) is 2.40. The van der Waals surface area contributed by atoms with Crippen LogP contribution in [0.4, 0.5) is 0 Å². The van der Waals surface area contributed by atoms with E-state index in [-0.39, 0.29) is 0 Å². The Labute approximate surface area is 125 Å². The first kappa shape index (κ1) is 15.5. The molecule has 1 unspecified atom stereocenters. The highest BCUT2D eigenvalue weighted by atomic mass is 16.5. The molecule has 0 radical (unpaired) electrons. The molecular weight excluding hydrogens is 266 g/mol. The minimum atomic E-state index is 0.342. The normalized spacial score (nSPS) is 12.3. The highest BCUT2D eigenvalue weighted by molar-refractivity contribution is 5.33. The van der Waals surface area contributed by atoms with Crippen LogP contribution >= 0.6 is 0 Å². The van der Waals surface area contributed by atoms with Crippen LogP contribution in [0.2, 0.25) is 0 Å². The molecule has 1 heterocycles. The third kappa shape index (κ3) is 4.56. The summed E-state index contributed by atoms with van der Waals surface area (Å²) in [4.78, 5) is 4.43. The Balaban J connectivity index is 1.94. The van der Waals surface area contributed by atoms with Gasteiger partial charge in [0.1, 0.15) is 5.75 Å². The Morgan fingerprint density at radius 3 is 2.86 bits per heavy atom. The summed E-state index contributed by atoms with van der Waals surface area (Å²) in [6.45, 7) is 4.75. The lowest BCUT2D eigenvalue weighted by molar-refractivity contribution is 0.335. The van der Waals surface area contributed by atoms with Crippen molar-refractivity contribution in [2.45, 2.75) is 39.2 Å². The van der Waals surface area contributed by atoms with Gasteiger partial charge in [0.05, 0.1) is 6.61 Å². The minimum Gasteiger partial charge on any atom is -0.494 e. The first-order chi connectivity index (χ1) is 10.2. The number of likely N-dealkylation sites (N-methyl/N-ethyl adjacent to an activating group) is 1. The third-order valence-electron chi connectivity index (χ3n) is 3.37. The number of benzene rings is 1. The van der Waals surface area contributed by atoms with Crippen molar-refractivity contribution in [3.8, 4) is 5.75 Å². The van der Waals surface area contributed by atoms with Crippen LogP contribution in [0.1, 0.15) is 31.1 Å². The number of nitrogens with zero attached hydrogens (tertiary/aromatic N) is 2. The van der Waals surface area contributed by atoms with Gasteiger partial charge in [0.2, 0.25) is 5.89 Å². The zero-order valence-corrected chi connectivity index (χ0v) is 12.9. The molecular formula is C16H23N3O2. The summed E-state index contributed by atoms with van der Waals surface area (Å²) in [5, 5.41) is 7.18. The van der Waals surface area contributed by atoms with E-state index in [0.29, 0.717) is 18.5 Å². The van der Waals surface area contributed by atoms with Crippen molar-refractivity contribution in [2.24, 2.45) is 0 Å². The molecule has 0 aliphatic rings. The van der Waals surface area contributed by atoms with Crippen LogP contribution in [0.15, 0.2) is 28.8 Å². The van der Waals surface area contributed by atoms with Crippen LogP contribution in [0.5, 0.6) is 5.75 Å². The quantitative estimate of drug-likeness (QED) is 0.808. The molecule has 0 amide bonds. The van der Waals surface area contributed by atoms with E-state index in [4.69, 9.17) is 9.26 Å². The van der Waals surface area contributed by atoms with Crippen LogP contribution in [-0.2, 0) is 19.3 Å². The summed E-state index contributed by atoms with van der Waals surface area (Å²) < 4.78 is 10.9. The van der Waals surface area contributed by atoms with Gasteiger partial charge in [-0.05, 0) is 38.9 Å². The van der Waals surface area contributed by atoms with Gasteiger partial charge in [0.15, 0.2) is 5.82 Å². The first-order valence-electron chi connectivity index (χ1n) is 7.42. The zero-order valence-electron chi connectivity index (χ0n) is 12.9. The Bertz CT molecular complexity index is 554. The molecule has 114 valence electrons. The van der Waals surface area contributed by atoms with Gasteiger partial charge in [-0.25, -0.2) is 0 Å². The largest absolute Gasteiger partial charge is 0.494 e. The summed E-state index contributed by atoms with van der Waals surface area (Å²) in [5.74, 6) is 2.37. The number of para-hydroxylation sites is 1. The average Bonchev–Trinajstić information content (AvgIpc) is 2.94. The van der Waals surface area contributed by atoms with Gasteiger partial charge in [0.25, 0.3) is 0 Å². The second-order valence-corrected chi connectivity index (χ2v) is 5.04. The second kappa shape index (κ2) is 7.78.